The number of amides is 2. The summed E-state index contributed by atoms with van der Waals surface area (Å²) < 4.78 is 5.42. The second-order valence-electron chi connectivity index (χ2n) is 9.41. The van der Waals surface area contributed by atoms with Crippen molar-refractivity contribution in [1.82, 2.24) is 5.32 Å². The third-order valence-corrected chi connectivity index (χ3v) is 5.71. The lowest BCUT2D eigenvalue weighted by Crippen LogP contribution is -2.53. The van der Waals surface area contributed by atoms with Crippen LogP contribution in [0.1, 0.15) is 52.2 Å². The van der Waals surface area contributed by atoms with Crippen LogP contribution in [0.2, 0.25) is 10.0 Å². The monoisotopic (exact) mass is 463 g/mol. The van der Waals surface area contributed by atoms with Crippen LogP contribution in [0.15, 0.2) is 42.5 Å². The minimum atomic E-state index is -1.24. The summed E-state index contributed by atoms with van der Waals surface area (Å²) in [5, 5.41) is 4.90. The van der Waals surface area contributed by atoms with E-state index >= 15 is 0 Å². The fraction of sp³-hybridized carbons (Fsp3) is 0.391. The smallest absolute Gasteiger partial charge is 0.408 e. The number of ether oxygens (including phenoxy) is 1. The normalized spacial score (nSPS) is 18.7. The van der Waals surface area contributed by atoms with E-state index in [-0.39, 0.29) is 12.3 Å². The number of rotatable bonds is 4. The molecule has 2 aromatic carbocycles. The molecule has 0 aromatic heterocycles. The summed E-state index contributed by atoms with van der Waals surface area (Å²) in [5.41, 5.74) is -0.981. The number of carbonyl (C=O) groups is 2. The number of anilines is 1. The van der Waals surface area contributed by atoms with E-state index in [2.05, 4.69) is 5.32 Å². The van der Waals surface area contributed by atoms with Gasteiger partial charge in [0.2, 0.25) is 0 Å². The molecule has 1 unspecified atom stereocenters. The average Bonchev–Trinajstić information content (AvgIpc) is 2.81. The summed E-state index contributed by atoms with van der Waals surface area (Å²) in [6, 6.07) is 12.3. The minimum Gasteiger partial charge on any atom is -0.444 e. The Labute approximate surface area is 192 Å². The summed E-state index contributed by atoms with van der Waals surface area (Å²) in [7, 11) is 0. The summed E-state index contributed by atoms with van der Waals surface area (Å²) in [6.07, 6.45) is -0.392. The molecule has 0 fully saturated rings. The molecule has 3 rings (SSSR count). The van der Waals surface area contributed by atoms with Crippen molar-refractivity contribution < 1.29 is 14.3 Å². The van der Waals surface area contributed by atoms with E-state index in [0.29, 0.717) is 26.9 Å². The Kier molecular flexibility index (Phi) is 6.04. The van der Waals surface area contributed by atoms with Gasteiger partial charge >= 0.3 is 6.09 Å². The molecule has 6 nitrogen and oxygen atoms in total. The van der Waals surface area contributed by atoms with Crippen molar-refractivity contribution >= 4 is 40.9 Å². The fourth-order valence-corrected chi connectivity index (χ4v) is 4.58. The molecule has 3 N–H and O–H groups in total. The molecule has 0 spiro atoms. The van der Waals surface area contributed by atoms with Gasteiger partial charge in [-0.15, -0.1) is 0 Å². The Hall–Kier alpha value is -2.28. The number of nitrogens with two attached hydrogens (primary N) is 1. The van der Waals surface area contributed by atoms with Gasteiger partial charge in [-0.3, -0.25) is 4.79 Å². The zero-order valence-corrected chi connectivity index (χ0v) is 19.8. The van der Waals surface area contributed by atoms with Gasteiger partial charge in [-0.05, 0) is 76.4 Å². The second-order valence-corrected chi connectivity index (χ2v) is 10.3. The highest BCUT2D eigenvalue weighted by atomic mass is 35.5. The van der Waals surface area contributed by atoms with Gasteiger partial charge in [0.05, 0.1) is 5.69 Å². The van der Waals surface area contributed by atoms with Gasteiger partial charge in [-0.2, -0.15) is 0 Å². The zero-order chi connectivity index (χ0) is 23.2. The topological polar surface area (TPSA) is 84.7 Å². The molecule has 8 heteroatoms. The van der Waals surface area contributed by atoms with E-state index in [0.717, 1.165) is 5.01 Å². The number of hydrogen-bond donors (Lipinski definition) is 2. The Morgan fingerprint density at radius 3 is 2.35 bits per heavy atom. The summed E-state index contributed by atoms with van der Waals surface area (Å²) in [4.78, 5) is 26.2. The van der Waals surface area contributed by atoms with E-state index < -0.39 is 22.6 Å². The van der Waals surface area contributed by atoms with Crippen LogP contribution in [0, 0.1) is 0 Å². The highest BCUT2D eigenvalue weighted by Gasteiger charge is 2.55. The van der Waals surface area contributed by atoms with Crippen molar-refractivity contribution in [2.45, 2.75) is 57.6 Å². The molecule has 0 aliphatic carbocycles. The molecular formula is C23H27Cl2N3O3. The lowest BCUT2D eigenvalue weighted by molar-refractivity contribution is -0.122. The molecular weight excluding hydrogens is 437 g/mol. The molecule has 166 valence electrons. The summed E-state index contributed by atoms with van der Waals surface area (Å²) in [6.45, 7) is 9.01. The van der Waals surface area contributed by atoms with E-state index in [1.807, 2.05) is 19.9 Å². The van der Waals surface area contributed by atoms with Crippen molar-refractivity contribution in [1.29, 1.82) is 0 Å². The van der Waals surface area contributed by atoms with Crippen LogP contribution < -0.4 is 16.2 Å². The van der Waals surface area contributed by atoms with Gasteiger partial charge < -0.3 is 10.1 Å². The van der Waals surface area contributed by atoms with Gasteiger partial charge in [0.25, 0.3) is 5.91 Å². The predicted molar refractivity (Wildman–Crippen MR) is 123 cm³/mol. The molecule has 0 saturated heterocycles. The van der Waals surface area contributed by atoms with Crippen LogP contribution in [0.4, 0.5) is 10.5 Å². The quantitative estimate of drug-likeness (QED) is 0.482. The molecule has 31 heavy (non-hydrogen) atoms. The molecule has 1 aliphatic heterocycles. The number of benzene rings is 2. The van der Waals surface area contributed by atoms with Crippen molar-refractivity contribution in [2.24, 2.45) is 5.84 Å². The van der Waals surface area contributed by atoms with Gasteiger partial charge in [-0.25, -0.2) is 15.6 Å². The molecule has 0 saturated carbocycles. The number of alkyl carbamates (subject to hydrolysis) is 1. The van der Waals surface area contributed by atoms with E-state index in [9.17, 15) is 9.59 Å². The lowest BCUT2D eigenvalue weighted by atomic mass is 9.68. The van der Waals surface area contributed by atoms with Crippen LogP contribution in [-0.4, -0.2) is 23.1 Å². The van der Waals surface area contributed by atoms with Gasteiger partial charge in [0.1, 0.15) is 11.0 Å². The first-order valence-corrected chi connectivity index (χ1v) is 10.7. The van der Waals surface area contributed by atoms with Crippen LogP contribution in [0.25, 0.3) is 0 Å². The number of nitrogens with one attached hydrogen (secondary N) is 1. The number of nitrogens with zero attached hydrogens (tertiary/aromatic N) is 1. The highest BCUT2D eigenvalue weighted by Crippen LogP contribution is 2.51. The number of halogens is 2. The SMILES string of the molecule is CC(C)(CC1(c2ccccc2Cl)C(=O)N(N)c2ccc(Cl)cc21)NC(=O)OC(C)(C)C. The molecule has 2 amide bonds. The number of hydrazine groups is 1. The average molecular weight is 464 g/mol. The molecule has 0 radical (unpaired) electrons. The number of fused-ring (bicyclic) bond motifs is 1. The van der Waals surface area contributed by atoms with Crippen molar-refractivity contribution in [3.05, 3.63) is 63.6 Å². The first-order chi connectivity index (χ1) is 14.3. The van der Waals surface area contributed by atoms with Crippen molar-refractivity contribution in [3.63, 3.8) is 0 Å². The minimum absolute atomic E-state index is 0.183. The maximum absolute atomic E-state index is 13.7. The fourth-order valence-electron chi connectivity index (χ4n) is 4.11. The van der Waals surface area contributed by atoms with Crippen LogP contribution >= 0.6 is 23.2 Å². The summed E-state index contributed by atoms with van der Waals surface area (Å²) >= 11 is 12.9. The Balaban J connectivity index is 2.14. The Morgan fingerprint density at radius 1 is 1.10 bits per heavy atom. The molecule has 0 bridgehead atoms. The molecule has 1 atom stereocenters. The van der Waals surface area contributed by atoms with Gasteiger partial charge in [0.15, 0.2) is 0 Å². The maximum Gasteiger partial charge on any atom is 0.408 e. The summed E-state index contributed by atoms with van der Waals surface area (Å²) in [5.74, 6) is 5.84. The number of carbonyl (C=O) groups excluding carboxylic acids is 2. The predicted octanol–water partition coefficient (Wildman–Crippen LogP) is 5.19. The Bertz CT molecular complexity index is 1030. The molecule has 2 aromatic rings. The van der Waals surface area contributed by atoms with Gasteiger partial charge in [0, 0.05) is 15.6 Å². The third-order valence-electron chi connectivity index (χ3n) is 5.14. The standard InChI is InChI=1S/C23H27Cl2N3O3/c1-21(2,3)31-20(30)27-22(4,5)13-23(15-8-6-7-9-17(15)25)16-12-14(24)10-11-18(16)28(26)19(23)29/h6-12H,13,26H2,1-5H3,(H,27,30). The first kappa shape index (κ1) is 23.4. The van der Waals surface area contributed by atoms with Crippen LogP contribution in [0.3, 0.4) is 0 Å². The third kappa shape index (κ3) is 4.52. The largest absolute Gasteiger partial charge is 0.444 e. The Morgan fingerprint density at radius 2 is 1.74 bits per heavy atom. The van der Waals surface area contributed by atoms with Gasteiger partial charge in [-0.1, -0.05) is 41.4 Å². The van der Waals surface area contributed by atoms with Crippen molar-refractivity contribution in [2.75, 3.05) is 5.01 Å². The van der Waals surface area contributed by atoms with Crippen molar-refractivity contribution in [3.8, 4) is 0 Å². The van der Waals surface area contributed by atoms with E-state index in [1.54, 1.807) is 57.2 Å². The first-order valence-electron chi connectivity index (χ1n) is 9.92. The second kappa shape index (κ2) is 8.01. The van der Waals surface area contributed by atoms with E-state index in [4.69, 9.17) is 33.8 Å². The molecule has 1 heterocycles. The van der Waals surface area contributed by atoms with Crippen LogP contribution in [-0.2, 0) is 14.9 Å². The lowest BCUT2D eigenvalue weighted by Gasteiger charge is -2.38. The van der Waals surface area contributed by atoms with E-state index in [1.165, 1.54) is 0 Å². The molecule has 1 aliphatic rings. The maximum atomic E-state index is 13.7. The highest BCUT2D eigenvalue weighted by molar-refractivity contribution is 6.32. The zero-order valence-electron chi connectivity index (χ0n) is 18.3. The number of hydrogen-bond acceptors (Lipinski definition) is 4. The van der Waals surface area contributed by atoms with Crippen LogP contribution in [0.5, 0.6) is 0 Å².